The maximum atomic E-state index is 12.0. The first-order chi connectivity index (χ1) is 12.0. The van der Waals surface area contributed by atoms with Crippen LogP contribution < -0.4 is 5.32 Å². The summed E-state index contributed by atoms with van der Waals surface area (Å²) in [5.74, 6) is 0.482. The van der Waals surface area contributed by atoms with Gasteiger partial charge in [-0.2, -0.15) is 0 Å². The zero-order valence-corrected chi connectivity index (χ0v) is 15.1. The fourth-order valence-corrected chi connectivity index (χ4v) is 2.98. The van der Waals surface area contributed by atoms with Crippen molar-refractivity contribution in [3.8, 4) is 0 Å². The van der Waals surface area contributed by atoms with E-state index in [0.717, 1.165) is 5.56 Å². The highest BCUT2D eigenvalue weighted by Gasteiger charge is 2.10. The van der Waals surface area contributed by atoms with Gasteiger partial charge in [-0.15, -0.1) is 11.8 Å². The molecule has 5 nitrogen and oxygen atoms in total. The molecule has 0 aliphatic heterocycles. The summed E-state index contributed by atoms with van der Waals surface area (Å²) in [5.41, 5.74) is 2.06. The summed E-state index contributed by atoms with van der Waals surface area (Å²) in [5, 5.41) is 12.8. The molecule has 6 heteroatoms. The predicted octanol–water partition coefficient (Wildman–Crippen LogP) is 2.79. The summed E-state index contributed by atoms with van der Waals surface area (Å²) in [7, 11) is 3.39. The van der Waals surface area contributed by atoms with Crippen LogP contribution in [-0.4, -0.2) is 47.4 Å². The molecule has 1 atom stereocenters. The van der Waals surface area contributed by atoms with Crippen LogP contribution in [0.15, 0.2) is 54.6 Å². The molecule has 2 amide bonds. The van der Waals surface area contributed by atoms with Crippen molar-refractivity contribution in [3.05, 3.63) is 65.7 Å². The van der Waals surface area contributed by atoms with Crippen LogP contribution in [0.2, 0.25) is 0 Å². The minimum Gasteiger partial charge on any atom is -0.388 e. The Morgan fingerprint density at radius 3 is 2.32 bits per heavy atom. The van der Waals surface area contributed by atoms with E-state index in [4.69, 9.17) is 0 Å². The van der Waals surface area contributed by atoms with Crippen LogP contribution in [0, 0.1) is 0 Å². The Morgan fingerprint density at radius 2 is 1.72 bits per heavy atom. The lowest BCUT2D eigenvalue weighted by atomic mass is 10.1. The van der Waals surface area contributed by atoms with Crippen LogP contribution in [0.3, 0.4) is 0 Å². The van der Waals surface area contributed by atoms with Gasteiger partial charge in [0.15, 0.2) is 0 Å². The maximum Gasteiger partial charge on any atom is 0.253 e. The van der Waals surface area contributed by atoms with Gasteiger partial charge in [0.05, 0.1) is 11.9 Å². The van der Waals surface area contributed by atoms with Gasteiger partial charge >= 0.3 is 0 Å². The number of thioether (sulfide) groups is 1. The quantitative estimate of drug-likeness (QED) is 0.798. The van der Waals surface area contributed by atoms with Crippen molar-refractivity contribution in [2.24, 2.45) is 0 Å². The summed E-state index contributed by atoms with van der Waals surface area (Å²) in [4.78, 5) is 25.3. The molecule has 0 aliphatic rings. The van der Waals surface area contributed by atoms with E-state index in [1.165, 1.54) is 16.7 Å². The lowest BCUT2D eigenvalue weighted by Gasteiger charge is -2.12. The molecule has 0 saturated carbocycles. The van der Waals surface area contributed by atoms with E-state index < -0.39 is 6.10 Å². The standard InChI is InChI=1S/C19H22N2O3S/c1-21(2)19(24)15-8-10-16(11-9-15)20-18(23)13-25-12-17(22)14-6-4-3-5-7-14/h3-11,17,22H,12-13H2,1-2H3,(H,20,23). The molecule has 1 unspecified atom stereocenters. The number of aliphatic hydroxyl groups is 1. The summed E-state index contributed by atoms with van der Waals surface area (Å²) in [6.45, 7) is 0. The zero-order valence-electron chi connectivity index (χ0n) is 14.3. The first-order valence-electron chi connectivity index (χ1n) is 7.89. The van der Waals surface area contributed by atoms with Crippen LogP contribution in [0.25, 0.3) is 0 Å². The number of hydrogen-bond donors (Lipinski definition) is 2. The highest BCUT2D eigenvalue weighted by molar-refractivity contribution is 7.99. The molecule has 0 heterocycles. The SMILES string of the molecule is CN(C)C(=O)c1ccc(NC(=O)CSCC(O)c2ccccc2)cc1. The first kappa shape index (κ1) is 19.0. The average molecular weight is 358 g/mol. The molecule has 0 bridgehead atoms. The van der Waals surface area contributed by atoms with Gasteiger partial charge in [-0.05, 0) is 29.8 Å². The van der Waals surface area contributed by atoms with Crippen molar-refractivity contribution in [3.63, 3.8) is 0 Å². The lowest BCUT2D eigenvalue weighted by Crippen LogP contribution is -2.21. The third-order valence-electron chi connectivity index (χ3n) is 3.52. The van der Waals surface area contributed by atoms with E-state index in [2.05, 4.69) is 5.32 Å². The molecular formula is C19H22N2O3S. The van der Waals surface area contributed by atoms with Crippen LogP contribution >= 0.6 is 11.8 Å². The van der Waals surface area contributed by atoms with Gasteiger partial charge in [-0.25, -0.2) is 0 Å². The second-order valence-electron chi connectivity index (χ2n) is 5.77. The summed E-state index contributed by atoms with van der Waals surface area (Å²) in [6, 6.07) is 16.2. The van der Waals surface area contributed by atoms with Crippen molar-refractivity contribution in [2.75, 3.05) is 30.9 Å². The molecule has 25 heavy (non-hydrogen) atoms. The van der Waals surface area contributed by atoms with E-state index in [-0.39, 0.29) is 17.6 Å². The fourth-order valence-electron chi connectivity index (χ4n) is 2.19. The van der Waals surface area contributed by atoms with Crippen molar-refractivity contribution in [1.82, 2.24) is 4.90 Å². The van der Waals surface area contributed by atoms with Crippen molar-refractivity contribution in [1.29, 1.82) is 0 Å². The van der Waals surface area contributed by atoms with Crippen molar-refractivity contribution < 1.29 is 14.7 Å². The molecule has 0 aliphatic carbocycles. The second kappa shape index (κ2) is 9.25. The largest absolute Gasteiger partial charge is 0.388 e. The van der Waals surface area contributed by atoms with Crippen LogP contribution in [0.5, 0.6) is 0 Å². The number of aliphatic hydroxyl groups excluding tert-OH is 1. The molecule has 132 valence electrons. The Hall–Kier alpha value is -2.31. The number of benzene rings is 2. The molecular weight excluding hydrogens is 336 g/mol. The highest BCUT2D eigenvalue weighted by Crippen LogP contribution is 2.18. The number of amides is 2. The van der Waals surface area contributed by atoms with Crippen LogP contribution in [0.1, 0.15) is 22.0 Å². The predicted molar refractivity (Wildman–Crippen MR) is 102 cm³/mol. The molecule has 0 saturated heterocycles. The van der Waals surface area contributed by atoms with Crippen LogP contribution in [-0.2, 0) is 4.79 Å². The third kappa shape index (κ3) is 5.92. The Labute approximate surface area is 152 Å². The molecule has 2 aromatic carbocycles. The Bertz CT molecular complexity index is 702. The molecule has 2 N–H and O–H groups in total. The van der Waals surface area contributed by atoms with E-state index in [9.17, 15) is 14.7 Å². The topological polar surface area (TPSA) is 69.6 Å². The summed E-state index contributed by atoms with van der Waals surface area (Å²) >= 11 is 1.37. The molecule has 0 spiro atoms. The van der Waals surface area contributed by atoms with E-state index in [1.54, 1.807) is 38.4 Å². The van der Waals surface area contributed by atoms with Gasteiger partial charge in [0.2, 0.25) is 5.91 Å². The van der Waals surface area contributed by atoms with Crippen LogP contribution in [0.4, 0.5) is 5.69 Å². The van der Waals surface area contributed by atoms with E-state index >= 15 is 0 Å². The molecule has 2 rings (SSSR count). The minimum atomic E-state index is -0.588. The minimum absolute atomic E-state index is 0.0802. The number of anilines is 1. The molecule has 0 fully saturated rings. The molecule has 2 aromatic rings. The maximum absolute atomic E-state index is 12.0. The Balaban J connectivity index is 1.77. The van der Waals surface area contributed by atoms with Gasteiger partial charge in [0.25, 0.3) is 5.91 Å². The Morgan fingerprint density at radius 1 is 1.08 bits per heavy atom. The Kier molecular flexibility index (Phi) is 7.03. The van der Waals surface area contributed by atoms with Crippen molar-refractivity contribution in [2.45, 2.75) is 6.10 Å². The monoisotopic (exact) mass is 358 g/mol. The number of nitrogens with one attached hydrogen (secondary N) is 1. The van der Waals surface area contributed by atoms with E-state index in [1.807, 2.05) is 30.3 Å². The van der Waals surface area contributed by atoms with Gasteiger partial charge in [0.1, 0.15) is 0 Å². The number of carbonyl (C=O) groups excluding carboxylic acids is 2. The lowest BCUT2D eigenvalue weighted by molar-refractivity contribution is -0.113. The summed E-state index contributed by atoms with van der Waals surface area (Å²) in [6.07, 6.45) is -0.588. The zero-order chi connectivity index (χ0) is 18.2. The second-order valence-corrected chi connectivity index (χ2v) is 6.80. The van der Waals surface area contributed by atoms with E-state index in [0.29, 0.717) is 17.0 Å². The number of hydrogen-bond acceptors (Lipinski definition) is 4. The normalized spacial score (nSPS) is 11.6. The van der Waals surface area contributed by atoms with Crippen molar-refractivity contribution >= 4 is 29.3 Å². The first-order valence-corrected chi connectivity index (χ1v) is 9.05. The van der Waals surface area contributed by atoms with Gasteiger partial charge in [-0.1, -0.05) is 30.3 Å². The smallest absolute Gasteiger partial charge is 0.253 e. The number of carbonyl (C=O) groups is 2. The molecule has 0 aromatic heterocycles. The third-order valence-corrected chi connectivity index (χ3v) is 4.53. The van der Waals surface area contributed by atoms with Gasteiger partial charge < -0.3 is 15.3 Å². The van der Waals surface area contributed by atoms with Gasteiger partial charge in [0, 0.05) is 31.1 Å². The average Bonchev–Trinajstić information content (AvgIpc) is 2.62. The number of rotatable bonds is 7. The highest BCUT2D eigenvalue weighted by atomic mass is 32.2. The molecule has 0 radical (unpaired) electrons. The summed E-state index contributed by atoms with van der Waals surface area (Å²) < 4.78 is 0. The number of nitrogens with zero attached hydrogens (tertiary/aromatic N) is 1. The van der Waals surface area contributed by atoms with Gasteiger partial charge in [-0.3, -0.25) is 9.59 Å². The fraction of sp³-hybridized carbons (Fsp3) is 0.263.